The molecule has 0 bridgehead atoms. The number of hydrogen-bond donors (Lipinski definition) is 1. The van der Waals surface area contributed by atoms with E-state index in [4.69, 9.17) is 0 Å². The first-order valence-corrected chi connectivity index (χ1v) is 2.18. The molecule has 4 heteroatoms. The van der Waals surface area contributed by atoms with E-state index >= 15 is 0 Å². The number of hydrogen-bond acceptors (Lipinski definition) is 2. The Hall–Kier alpha value is -0.860. The highest BCUT2D eigenvalue weighted by Crippen LogP contribution is 1.48. The summed E-state index contributed by atoms with van der Waals surface area (Å²) in [6.07, 6.45) is 0.887. The van der Waals surface area contributed by atoms with Gasteiger partial charge in [0, 0.05) is 0 Å². The minimum absolute atomic E-state index is 0.0736. The van der Waals surface area contributed by atoms with Crippen molar-refractivity contribution in [3.63, 3.8) is 0 Å². The predicted molar refractivity (Wildman–Crippen MR) is 26.9 cm³/mol. The summed E-state index contributed by atoms with van der Waals surface area (Å²) in [5.41, 5.74) is 4.57. The fraction of sp³-hybridized carbons (Fsp3) is 0. The van der Waals surface area contributed by atoms with Gasteiger partial charge in [-0.3, -0.25) is 4.79 Å². The molecule has 0 aliphatic rings. The Labute approximate surface area is 43.9 Å². The monoisotopic (exact) mass is 117 g/mol. The van der Waals surface area contributed by atoms with Crippen LogP contribution in [0.3, 0.4) is 0 Å². The number of carbonyl (C=O) groups is 1. The molecule has 2 N–H and O–H groups in total. The second-order valence-corrected chi connectivity index (χ2v) is 1.15. The van der Waals surface area contributed by atoms with Crippen molar-refractivity contribution in [1.82, 2.24) is 0 Å². The first-order valence-electron chi connectivity index (χ1n) is 1.44. The summed E-state index contributed by atoms with van der Waals surface area (Å²) in [6, 6.07) is 0. The average Bonchev–Trinajstić information content (AvgIpc) is 1.61. The molecule has 0 spiro atoms. The molecule has 0 aliphatic carbocycles. The van der Waals surface area contributed by atoms with E-state index in [1.54, 1.807) is 0 Å². The molecule has 0 atom stereocenters. The van der Waals surface area contributed by atoms with Gasteiger partial charge >= 0.3 is 0 Å². The van der Waals surface area contributed by atoms with Crippen molar-refractivity contribution in [2.45, 2.75) is 0 Å². The van der Waals surface area contributed by atoms with Crippen LogP contribution in [0.1, 0.15) is 0 Å². The van der Waals surface area contributed by atoms with Gasteiger partial charge in [0.2, 0.25) is 5.91 Å². The minimum Gasteiger partial charge on any atom is -0.366 e. The van der Waals surface area contributed by atoms with Crippen molar-refractivity contribution >= 4 is 22.2 Å². The van der Waals surface area contributed by atoms with Gasteiger partial charge in [-0.25, -0.2) is 4.21 Å². The lowest BCUT2D eigenvalue weighted by Gasteiger charge is -1.65. The fourth-order valence-corrected chi connectivity index (χ4v) is 0.246. The highest BCUT2D eigenvalue weighted by Gasteiger charge is 1.74. The Balaban J connectivity index is 3.96. The molecule has 3 nitrogen and oxygen atoms in total. The molecule has 0 radical (unpaired) electrons. The number of amides is 1. The van der Waals surface area contributed by atoms with Crippen molar-refractivity contribution in [1.29, 1.82) is 0 Å². The fourth-order valence-electron chi connectivity index (χ4n) is 0.0821. The Morgan fingerprint density at radius 3 is 2.57 bits per heavy atom. The molecule has 0 heterocycles. The van der Waals surface area contributed by atoms with Crippen LogP contribution in [0.5, 0.6) is 0 Å². The quantitative estimate of drug-likeness (QED) is 0.340. The van der Waals surface area contributed by atoms with E-state index < -0.39 is 5.91 Å². The van der Waals surface area contributed by atoms with E-state index in [1.165, 1.54) is 0 Å². The molecule has 0 aliphatic heterocycles. The lowest BCUT2D eigenvalue weighted by Crippen LogP contribution is -2.05. The summed E-state index contributed by atoms with van der Waals surface area (Å²) in [7, 11) is 0. The highest BCUT2D eigenvalue weighted by molar-refractivity contribution is 7.64. The van der Waals surface area contributed by atoms with Gasteiger partial charge < -0.3 is 5.73 Å². The van der Waals surface area contributed by atoms with Crippen LogP contribution in [0.4, 0.5) is 0 Å². The third kappa shape index (κ3) is 5.14. The zero-order chi connectivity index (χ0) is 5.70. The van der Waals surface area contributed by atoms with Gasteiger partial charge in [0.05, 0.1) is 6.08 Å². The second-order valence-electron chi connectivity index (χ2n) is 0.748. The summed E-state index contributed by atoms with van der Waals surface area (Å²) in [5.74, 6) is -0.650. The van der Waals surface area contributed by atoms with Crippen molar-refractivity contribution in [2.75, 3.05) is 0 Å². The summed E-state index contributed by atoms with van der Waals surface area (Å²) in [5, 5.41) is 2.01. The summed E-state index contributed by atoms with van der Waals surface area (Å²) in [4.78, 5) is 9.71. The van der Waals surface area contributed by atoms with Gasteiger partial charge in [0.1, 0.15) is 11.3 Å². The lowest BCUT2D eigenvalue weighted by atomic mass is 10.6. The number of nitrogens with two attached hydrogens (primary N) is 1. The van der Waals surface area contributed by atoms with E-state index in [0.29, 0.717) is 0 Å². The zero-order valence-corrected chi connectivity index (χ0v) is 4.20. The molecule has 1 amide bonds. The third-order valence-electron chi connectivity index (χ3n) is 0.249. The molecular formula is C3H3NO2S. The maximum Gasteiger partial charge on any atom is 0.250 e. The SMILES string of the molecule is NC(=O)C=C=S=O. The van der Waals surface area contributed by atoms with E-state index in [2.05, 4.69) is 5.73 Å². The van der Waals surface area contributed by atoms with E-state index in [1.807, 2.05) is 5.02 Å². The topological polar surface area (TPSA) is 60.2 Å². The lowest BCUT2D eigenvalue weighted by molar-refractivity contribution is -0.113. The van der Waals surface area contributed by atoms with Crippen LogP contribution >= 0.6 is 0 Å². The molecule has 0 unspecified atom stereocenters. The van der Waals surface area contributed by atoms with Gasteiger partial charge in [-0.05, 0) is 5.02 Å². The third-order valence-corrected chi connectivity index (χ3v) is 0.463. The van der Waals surface area contributed by atoms with Crippen LogP contribution in [0, 0.1) is 0 Å². The molecule has 0 saturated heterocycles. The summed E-state index contributed by atoms with van der Waals surface area (Å²) >= 11 is 0.0736. The van der Waals surface area contributed by atoms with Gasteiger partial charge in [-0.1, -0.05) is 0 Å². The van der Waals surface area contributed by atoms with Crippen LogP contribution in [0.25, 0.3) is 0 Å². The molecule has 0 aromatic rings. The largest absolute Gasteiger partial charge is 0.366 e. The summed E-state index contributed by atoms with van der Waals surface area (Å²) in [6.45, 7) is 0. The van der Waals surface area contributed by atoms with Crippen LogP contribution < -0.4 is 5.73 Å². The predicted octanol–water partition coefficient (Wildman–Crippen LogP) is -1.36. The standard InChI is InChI=1S/C3H3NO2S/c4-3(5)1-2-7-6/h1H,(H2,4,5). The van der Waals surface area contributed by atoms with Crippen molar-refractivity contribution in [3.8, 4) is 0 Å². The molecule has 0 aromatic carbocycles. The number of primary amides is 1. The maximum atomic E-state index is 9.71. The van der Waals surface area contributed by atoms with E-state index in [0.717, 1.165) is 6.08 Å². The van der Waals surface area contributed by atoms with Crippen LogP contribution in [0.15, 0.2) is 6.08 Å². The maximum absolute atomic E-state index is 9.71. The Kier molecular flexibility index (Phi) is 2.92. The van der Waals surface area contributed by atoms with Gasteiger partial charge in [-0.15, -0.1) is 0 Å². The first kappa shape index (κ1) is 6.14. The molecule has 0 rings (SSSR count). The van der Waals surface area contributed by atoms with Gasteiger partial charge in [0.25, 0.3) is 0 Å². The van der Waals surface area contributed by atoms with Gasteiger partial charge in [-0.2, -0.15) is 0 Å². The van der Waals surface area contributed by atoms with Crippen molar-refractivity contribution < 1.29 is 9.00 Å². The molecule has 0 saturated carbocycles. The van der Waals surface area contributed by atoms with Crippen molar-refractivity contribution in [2.24, 2.45) is 5.73 Å². The molecule has 0 aromatic heterocycles. The molecule has 0 fully saturated rings. The Morgan fingerprint density at radius 1 is 1.86 bits per heavy atom. The Bertz CT molecular complexity index is 152. The van der Waals surface area contributed by atoms with E-state index in [-0.39, 0.29) is 11.3 Å². The second kappa shape index (κ2) is 3.33. The van der Waals surface area contributed by atoms with Crippen LogP contribution in [0.2, 0.25) is 0 Å². The van der Waals surface area contributed by atoms with Crippen molar-refractivity contribution in [3.05, 3.63) is 6.08 Å². The molecular weight excluding hydrogens is 114 g/mol. The normalized spacial score (nSPS) is 6.29. The average molecular weight is 117 g/mol. The smallest absolute Gasteiger partial charge is 0.250 e. The van der Waals surface area contributed by atoms with Crippen LogP contribution in [-0.4, -0.2) is 15.1 Å². The minimum atomic E-state index is -0.650. The highest BCUT2D eigenvalue weighted by atomic mass is 32.1. The molecule has 38 valence electrons. The first-order chi connectivity index (χ1) is 3.27. The van der Waals surface area contributed by atoms with Gasteiger partial charge in [0.15, 0.2) is 0 Å². The zero-order valence-electron chi connectivity index (χ0n) is 3.38. The van der Waals surface area contributed by atoms with E-state index in [9.17, 15) is 9.00 Å². The molecule has 7 heavy (non-hydrogen) atoms. The van der Waals surface area contributed by atoms with Crippen LogP contribution in [-0.2, 0) is 16.1 Å². The number of carbonyl (C=O) groups excluding carboxylic acids is 1. The summed E-state index contributed by atoms with van der Waals surface area (Å²) < 4.78 is 9.40. The number of rotatable bonds is 1. The Morgan fingerprint density at radius 2 is 2.43 bits per heavy atom.